The minimum atomic E-state index is 0.0954. The Bertz CT molecular complexity index is 390. The molecule has 0 spiro atoms. The van der Waals surface area contributed by atoms with Crippen LogP contribution in [0.4, 0.5) is 5.69 Å². The summed E-state index contributed by atoms with van der Waals surface area (Å²) in [6, 6.07) is 6.28. The highest BCUT2D eigenvalue weighted by Crippen LogP contribution is 2.28. The molecule has 0 aliphatic carbocycles. The van der Waals surface area contributed by atoms with Gasteiger partial charge in [-0.1, -0.05) is 17.7 Å². The second-order valence-electron chi connectivity index (χ2n) is 5.26. The van der Waals surface area contributed by atoms with Gasteiger partial charge in [-0.3, -0.25) is 0 Å². The zero-order valence-corrected chi connectivity index (χ0v) is 11.1. The highest BCUT2D eigenvalue weighted by Gasteiger charge is 2.21. The fourth-order valence-electron chi connectivity index (χ4n) is 2.85. The number of nitrogens with zero attached hydrogens (tertiary/aromatic N) is 1. The molecule has 100 valence electrons. The van der Waals surface area contributed by atoms with Crippen molar-refractivity contribution < 1.29 is 10.2 Å². The summed E-state index contributed by atoms with van der Waals surface area (Å²) in [6.45, 7) is 4.47. The Labute approximate surface area is 109 Å². The van der Waals surface area contributed by atoms with E-state index in [1.54, 1.807) is 0 Å². The molecule has 1 aromatic carbocycles. The minimum Gasteiger partial charge on any atom is -0.396 e. The first-order valence-corrected chi connectivity index (χ1v) is 6.80. The van der Waals surface area contributed by atoms with Gasteiger partial charge in [0.05, 0.1) is 6.61 Å². The summed E-state index contributed by atoms with van der Waals surface area (Å²) in [4.78, 5) is 2.36. The first-order valence-electron chi connectivity index (χ1n) is 6.80. The van der Waals surface area contributed by atoms with Gasteiger partial charge in [-0.05, 0) is 38.2 Å². The van der Waals surface area contributed by atoms with Crippen molar-refractivity contribution in [2.45, 2.75) is 32.8 Å². The highest BCUT2D eigenvalue weighted by atomic mass is 16.3. The van der Waals surface area contributed by atoms with Gasteiger partial charge in [-0.25, -0.2) is 0 Å². The van der Waals surface area contributed by atoms with Crippen molar-refractivity contribution in [1.82, 2.24) is 0 Å². The normalized spacial score (nSPS) is 20.2. The van der Waals surface area contributed by atoms with E-state index in [0.717, 1.165) is 30.8 Å². The summed E-state index contributed by atoms with van der Waals surface area (Å²) in [5.41, 5.74) is 3.36. The van der Waals surface area contributed by atoms with Crippen LogP contribution in [0.1, 0.15) is 30.4 Å². The molecule has 0 saturated carbocycles. The minimum absolute atomic E-state index is 0.0954. The van der Waals surface area contributed by atoms with Crippen LogP contribution in [0.5, 0.6) is 0 Å². The van der Waals surface area contributed by atoms with Crippen LogP contribution >= 0.6 is 0 Å². The number of piperidine rings is 1. The third-order valence-electron chi connectivity index (χ3n) is 3.80. The first-order chi connectivity index (χ1) is 8.74. The van der Waals surface area contributed by atoms with E-state index in [0.29, 0.717) is 5.92 Å². The van der Waals surface area contributed by atoms with Gasteiger partial charge in [0.2, 0.25) is 0 Å². The van der Waals surface area contributed by atoms with Crippen molar-refractivity contribution >= 4 is 5.69 Å². The van der Waals surface area contributed by atoms with E-state index in [1.807, 2.05) is 6.92 Å². The van der Waals surface area contributed by atoms with E-state index in [2.05, 4.69) is 23.1 Å². The van der Waals surface area contributed by atoms with Crippen molar-refractivity contribution in [2.75, 3.05) is 24.6 Å². The summed E-state index contributed by atoms with van der Waals surface area (Å²) in [5.74, 6) is 0.580. The molecule has 1 saturated heterocycles. The Kier molecular flexibility index (Phi) is 4.61. The van der Waals surface area contributed by atoms with E-state index in [1.165, 1.54) is 18.4 Å². The van der Waals surface area contributed by atoms with Gasteiger partial charge in [0.25, 0.3) is 0 Å². The Balaban J connectivity index is 2.15. The van der Waals surface area contributed by atoms with Crippen LogP contribution < -0.4 is 4.90 Å². The quantitative estimate of drug-likeness (QED) is 0.858. The Morgan fingerprint density at radius 3 is 2.89 bits per heavy atom. The maximum absolute atomic E-state index is 9.48. The van der Waals surface area contributed by atoms with Crippen LogP contribution in [0.15, 0.2) is 18.2 Å². The van der Waals surface area contributed by atoms with Gasteiger partial charge in [-0.2, -0.15) is 0 Å². The maximum atomic E-state index is 9.48. The van der Waals surface area contributed by atoms with E-state index >= 15 is 0 Å². The van der Waals surface area contributed by atoms with Crippen LogP contribution in [-0.2, 0) is 6.61 Å². The molecule has 0 amide bonds. The smallest absolute Gasteiger partial charge is 0.0702 e. The van der Waals surface area contributed by atoms with Crippen LogP contribution in [0.3, 0.4) is 0 Å². The van der Waals surface area contributed by atoms with Gasteiger partial charge in [-0.15, -0.1) is 0 Å². The van der Waals surface area contributed by atoms with Crippen molar-refractivity contribution in [1.29, 1.82) is 0 Å². The van der Waals surface area contributed by atoms with Gasteiger partial charge in [0.15, 0.2) is 0 Å². The summed E-state index contributed by atoms with van der Waals surface area (Å²) >= 11 is 0. The van der Waals surface area contributed by atoms with Gasteiger partial charge < -0.3 is 15.1 Å². The fourth-order valence-corrected chi connectivity index (χ4v) is 2.85. The maximum Gasteiger partial charge on any atom is 0.0702 e. The highest BCUT2D eigenvalue weighted by molar-refractivity contribution is 5.55. The number of aliphatic hydroxyl groups excluding tert-OH is 2. The van der Waals surface area contributed by atoms with Crippen LogP contribution in [-0.4, -0.2) is 29.9 Å². The second-order valence-corrected chi connectivity index (χ2v) is 5.26. The number of hydrogen-bond donors (Lipinski definition) is 2. The molecule has 3 heteroatoms. The lowest BCUT2D eigenvalue weighted by Gasteiger charge is -2.35. The van der Waals surface area contributed by atoms with Crippen LogP contribution in [0.25, 0.3) is 0 Å². The lowest BCUT2D eigenvalue weighted by atomic mass is 9.94. The standard InChI is InChI=1S/C15H23NO2/c1-12-4-5-15(14(9-12)11-18)16-7-2-3-13(10-16)6-8-17/h4-5,9,13,17-18H,2-3,6-8,10-11H2,1H3. The van der Waals surface area contributed by atoms with Crippen molar-refractivity contribution in [3.05, 3.63) is 29.3 Å². The number of aliphatic hydroxyl groups is 2. The molecule has 1 atom stereocenters. The lowest BCUT2D eigenvalue weighted by molar-refractivity contribution is 0.243. The fraction of sp³-hybridized carbons (Fsp3) is 0.600. The molecule has 1 fully saturated rings. The molecule has 1 aliphatic heterocycles. The molecule has 1 heterocycles. The molecule has 18 heavy (non-hydrogen) atoms. The van der Waals surface area contributed by atoms with Gasteiger partial charge >= 0.3 is 0 Å². The van der Waals surface area contributed by atoms with Crippen molar-refractivity contribution in [3.63, 3.8) is 0 Å². The summed E-state index contributed by atoms with van der Waals surface area (Å²) < 4.78 is 0. The number of rotatable bonds is 4. The third-order valence-corrected chi connectivity index (χ3v) is 3.80. The molecule has 1 aliphatic rings. The van der Waals surface area contributed by atoms with Gasteiger partial charge in [0.1, 0.15) is 0 Å². The molecule has 2 rings (SSSR count). The lowest BCUT2D eigenvalue weighted by Crippen LogP contribution is -2.36. The van der Waals surface area contributed by atoms with Crippen LogP contribution in [0.2, 0.25) is 0 Å². The SMILES string of the molecule is Cc1ccc(N2CCCC(CCO)C2)c(CO)c1. The third kappa shape index (κ3) is 3.03. The zero-order valence-electron chi connectivity index (χ0n) is 11.1. The Morgan fingerprint density at radius 2 is 2.17 bits per heavy atom. The molecule has 0 bridgehead atoms. The average molecular weight is 249 g/mol. The molecule has 1 aromatic rings. The predicted octanol–water partition coefficient (Wildman–Crippen LogP) is 2.09. The number of aryl methyl sites for hydroxylation is 1. The average Bonchev–Trinajstić information content (AvgIpc) is 2.39. The molecule has 0 radical (unpaired) electrons. The largest absolute Gasteiger partial charge is 0.396 e. The Morgan fingerprint density at radius 1 is 1.33 bits per heavy atom. The summed E-state index contributed by atoms with van der Waals surface area (Å²) in [7, 11) is 0. The molecule has 2 N–H and O–H groups in total. The molecular formula is C15H23NO2. The first kappa shape index (κ1) is 13.4. The van der Waals surface area contributed by atoms with Crippen LogP contribution in [0, 0.1) is 12.8 Å². The molecule has 3 nitrogen and oxygen atoms in total. The summed E-state index contributed by atoms with van der Waals surface area (Å²) in [6.07, 6.45) is 3.26. The monoisotopic (exact) mass is 249 g/mol. The van der Waals surface area contributed by atoms with E-state index < -0.39 is 0 Å². The number of hydrogen-bond acceptors (Lipinski definition) is 3. The second kappa shape index (κ2) is 6.21. The molecule has 0 aromatic heterocycles. The summed E-state index contributed by atoms with van der Waals surface area (Å²) in [5, 5.41) is 18.5. The van der Waals surface area contributed by atoms with Gasteiger partial charge in [0, 0.05) is 30.9 Å². The zero-order chi connectivity index (χ0) is 13.0. The van der Waals surface area contributed by atoms with E-state index in [-0.39, 0.29) is 13.2 Å². The van der Waals surface area contributed by atoms with E-state index in [4.69, 9.17) is 5.11 Å². The molecular weight excluding hydrogens is 226 g/mol. The van der Waals surface area contributed by atoms with E-state index in [9.17, 15) is 5.11 Å². The molecule has 1 unspecified atom stereocenters. The van der Waals surface area contributed by atoms with Crippen molar-refractivity contribution in [2.24, 2.45) is 5.92 Å². The number of benzene rings is 1. The topological polar surface area (TPSA) is 43.7 Å². The predicted molar refractivity (Wildman–Crippen MR) is 73.7 cm³/mol. The Hall–Kier alpha value is -1.06. The van der Waals surface area contributed by atoms with Crippen molar-refractivity contribution in [3.8, 4) is 0 Å². The number of anilines is 1.